The van der Waals surface area contributed by atoms with E-state index in [0.717, 1.165) is 50.5 Å². The number of carbonyl (C=O) groups is 2. The number of morpholine rings is 1. The standard InChI is InChI=1S/C23H36N4O3/c1-18(23(29)26(3)20-7-5-4-6-8-20)25(2)17-22(28)24-19-9-11-21(12-10-19)27-13-15-30-16-14-27/h9-12,18,20H,4-8,13-17H2,1-3H3,(H,24,28)/t18-/m0/s1. The Bertz CT molecular complexity index is 697. The van der Waals surface area contributed by atoms with Gasteiger partial charge in [0.1, 0.15) is 0 Å². The predicted molar refractivity (Wildman–Crippen MR) is 120 cm³/mol. The van der Waals surface area contributed by atoms with Gasteiger partial charge in [-0.15, -0.1) is 0 Å². The first-order valence-electron chi connectivity index (χ1n) is 11.1. The molecule has 1 aromatic carbocycles. The van der Waals surface area contributed by atoms with Crippen molar-refractivity contribution in [1.29, 1.82) is 0 Å². The second kappa shape index (κ2) is 10.8. The highest BCUT2D eigenvalue weighted by Gasteiger charge is 2.28. The van der Waals surface area contributed by atoms with Gasteiger partial charge in [-0.3, -0.25) is 14.5 Å². The quantitative estimate of drug-likeness (QED) is 0.740. The van der Waals surface area contributed by atoms with Crippen LogP contribution in [-0.2, 0) is 14.3 Å². The van der Waals surface area contributed by atoms with Crippen molar-refractivity contribution < 1.29 is 14.3 Å². The van der Waals surface area contributed by atoms with E-state index >= 15 is 0 Å². The molecule has 30 heavy (non-hydrogen) atoms. The van der Waals surface area contributed by atoms with E-state index in [1.165, 1.54) is 19.3 Å². The van der Waals surface area contributed by atoms with Gasteiger partial charge < -0.3 is 19.9 Å². The number of nitrogens with zero attached hydrogens (tertiary/aromatic N) is 3. The Labute approximate surface area is 180 Å². The summed E-state index contributed by atoms with van der Waals surface area (Å²) in [7, 11) is 3.73. The van der Waals surface area contributed by atoms with E-state index in [9.17, 15) is 9.59 Å². The molecule has 1 saturated heterocycles. The van der Waals surface area contributed by atoms with Crippen LogP contribution >= 0.6 is 0 Å². The van der Waals surface area contributed by atoms with Crippen molar-refractivity contribution in [2.24, 2.45) is 0 Å². The van der Waals surface area contributed by atoms with Crippen LogP contribution in [0.3, 0.4) is 0 Å². The van der Waals surface area contributed by atoms with Gasteiger partial charge in [-0.1, -0.05) is 19.3 Å². The van der Waals surface area contributed by atoms with Crippen LogP contribution in [0.2, 0.25) is 0 Å². The first-order valence-corrected chi connectivity index (χ1v) is 11.1. The van der Waals surface area contributed by atoms with Gasteiger partial charge in [0, 0.05) is 37.6 Å². The lowest BCUT2D eigenvalue weighted by Crippen LogP contribution is -2.49. The molecule has 1 aromatic rings. The molecule has 0 radical (unpaired) electrons. The number of hydrogen-bond donors (Lipinski definition) is 1. The molecule has 7 heteroatoms. The fourth-order valence-corrected chi connectivity index (χ4v) is 4.27. The second-order valence-corrected chi connectivity index (χ2v) is 8.53. The van der Waals surface area contributed by atoms with Crippen LogP contribution in [0.15, 0.2) is 24.3 Å². The summed E-state index contributed by atoms with van der Waals surface area (Å²) in [4.78, 5) is 31.3. The van der Waals surface area contributed by atoms with Gasteiger partial charge in [0.2, 0.25) is 11.8 Å². The molecule has 0 aromatic heterocycles. The Morgan fingerprint density at radius 2 is 1.73 bits per heavy atom. The van der Waals surface area contributed by atoms with E-state index < -0.39 is 0 Å². The summed E-state index contributed by atoms with van der Waals surface area (Å²) >= 11 is 0. The molecule has 166 valence electrons. The Hall–Kier alpha value is -2.12. The monoisotopic (exact) mass is 416 g/mol. The number of rotatable bonds is 7. The zero-order valence-electron chi connectivity index (χ0n) is 18.6. The number of benzene rings is 1. The zero-order chi connectivity index (χ0) is 21.5. The smallest absolute Gasteiger partial charge is 0.239 e. The van der Waals surface area contributed by atoms with E-state index in [4.69, 9.17) is 4.74 Å². The highest BCUT2D eigenvalue weighted by Crippen LogP contribution is 2.23. The molecule has 3 rings (SSSR count). The summed E-state index contributed by atoms with van der Waals surface area (Å²) in [6, 6.07) is 7.90. The molecule has 1 saturated carbocycles. The molecule has 1 aliphatic carbocycles. The van der Waals surface area contributed by atoms with Crippen molar-refractivity contribution in [1.82, 2.24) is 9.80 Å². The third kappa shape index (κ3) is 5.95. The maximum Gasteiger partial charge on any atom is 0.239 e. The topological polar surface area (TPSA) is 65.1 Å². The van der Waals surface area contributed by atoms with Gasteiger partial charge in [-0.25, -0.2) is 0 Å². The zero-order valence-corrected chi connectivity index (χ0v) is 18.6. The molecule has 0 unspecified atom stereocenters. The Kier molecular flexibility index (Phi) is 8.10. The van der Waals surface area contributed by atoms with Crippen LogP contribution in [0.4, 0.5) is 11.4 Å². The van der Waals surface area contributed by atoms with Crippen molar-refractivity contribution in [3.63, 3.8) is 0 Å². The van der Waals surface area contributed by atoms with Gasteiger partial charge in [-0.05, 0) is 51.1 Å². The second-order valence-electron chi connectivity index (χ2n) is 8.53. The third-order valence-electron chi connectivity index (χ3n) is 6.41. The lowest BCUT2D eigenvalue weighted by atomic mass is 9.94. The van der Waals surface area contributed by atoms with E-state index in [-0.39, 0.29) is 24.4 Å². The lowest BCUT2D eigenvalue weighted by Gasteiger charge is -2.35. The molecule has 1 N–H and O–H groups in total. The number of anilines is 2. The molecule has 2 amide bonds. The summed E-state index contributed by atoms with van der Waals surface area (Å²) in [5, 5.41) is 2.94. The van der Waals surface area contributed by atoms with E-state index in [1.54, 1.807) is 0 Å². The van der Waals surface area contributed by atoms with Gasteiger partial charge >= 0.3 is 0 Å². The molecular weight excluding hydrogens is 380 g/mol. The van der Waals surface area contributed by atoms with Crippen LogP contribution in [0.1, 0.15) is 39.0 Å². The molecule has 0 spiro atoms. The Balaban J connectivity index is 1.47. The van der Waals surface area contributed by atoms with E-state index in [1.807, 2.05) is 55.1 Å². The van der Waals surface area contributed by atoms with Crippen molar-refractivity contribution in [3.8, 4) is 0 Å². The van der Waals surface area contributed by atoms with Crippen LogP contribution in [0, 0.1) is 0 Å². The fraction of sp³-hybridized carbons (Fsp3) is 0.652. The lowest BCUT2D eigenvalue weighted by molar-refractivity contribution is -0.137. The Morgan fingerprint density at radius 1 is 1.10 bits per heavy atom. The average Bonchev–Trinajstić information content (AvgIpc) is 2.79. The molecule has 1 aliphatic heterocycles. The molecule has 7 nitrogen and oxygen atoms in total. The van der Waals surface area contributed by atoms with Gasteiger partial charge in [0.15, 0.2) is 0 Å². The number of carbonyl (C=O) groups excluding carboxylic acids is 2. The number of hydrogen-bond acceptors (Lipinski definition) is 5. The minimum atomic E-state index is -0.327. The fourth-order valence-electron chi connectivity index (χ4n) is 4.27. The summed E-state index contributed by atoms with van der Waals surface area (Å²) in [6.45, 7) is 5.33. The van der Waals surface area contributed by atoms with Crippen molar-refractivity contribution in [2.45, 2.75) is 51.1 Å². The molecule has 1 heterocycles. The van der Waals surface area contributed by atoms with Gasteiger partial charge in [0.25, 0.3) is 0 Å². The maximum absolute atomic E-state index is 12.9. The Morgan fingerprint density at radius 3 is 2.37 bits per heavy atom. The third-order valence-corrected chi connectivity index (χ3v) is 6.41. The maximum atomic E-state index is 12.9. The SMILES string of the molecule is C[C@@H](C(=O)N(C)C1CCCCC1)N(C)CC(=O)Nc1ccc(N2CCOCC2)cc1. The largest absolute Gasteiger partial charge is 0.378 e. The number of nitrogens with one attached hydrogen (secondary N) is 1. The normalized spacial score (nSPS) is 18.9. The first kappa shape index (κ1) is 22.6. The summed E-state index contributed by atoms with van der Waals surface area (Å²) < 4.78 is 5.39. The van der Waals surface area contributed by atoms with E-state index in [0.29, 0.717) is 6.04 Å². The van der Waals surface area contributed by atoms with E-state index in [2.05, 4.69) is 10.2 Å². The molecule has 0 bridgehead atoms. The van der Waals surface area contributed by atoms with Crippen molar-refractivity contribution >= 4 is 23.2 Å². The summed E-state index contributed by atoms with van der Waals surface area (Å²) in [5.74, 6) is -0.0244. The summed E-state index contributed by atoms with van der Waals surface area (Å²) in [6.07, 6.45) is 5.82. The average molecular weight is 417 g/mol. The molecule has 2 fully saturated rings. The first-order chi connectivity index (χ1) is 14.5. The van der Waals surface area contributed by atoms with Crippen LogP contribution in [0.25, 0.3) is 0 Å². The van der Waals surface area contributed by atoms with Crippen LogP contribution < -0.4 is 10.2 Å². The number of likely N-dealkylation sites (N-methyl/N-ethyl adjacent to an activating group) is 2. The highest BCUT2D eigenvalue weighted by atomic mass is 16.5. The highest BCUT2D eigenvalue weighted by molar-refractivity contribution is 5.93. The molecule has 1 atom stereocenters. The minimum Gasteiger partial charge on any atom is -0.378 e. The van der Waals surface area contributed by atoms with Crippen molar-refractivity contribution in [3.05, 3.63) is 24.3 Å². The summed E-state index contributed by atoms with van der Waals surface area (Å²) in [5.41, 5.74) is 1.90. The predicted octanol–water partition coefficient (Wildman–Crippen LogP) is 2.57. The molecule has 2 aliphatic rings. The number of ether oxygens (including phenoxy) is 1. The van der Waals surface area contributed by atoms with Gasteiger partial charge in [-0.2, -0.15) is 0 Å². The van der Waals surface area contributed by atoms with Crippen molar-refractivity contribution in [2.75, 3.05) is 57.2 Å². The van der Waals surface area contributed by atoms with Crippen LogP contribution in [-0.4, -0.2) is 80.6 Å². The van der Waals surface area contributed by atoms with Crippen LogP contribution in [0.5, 0.6) is 0 Å². The van der Waals surface area contributed by atoms with Gasteiger partial charge in [0.05, 0.1) is 25.8 Å². The minimum absolute atomic E-state index is 0.0899. The molecular formula is C23H36N4O3. The number of amides is 2.